The number of carbonyl (C=O) groups is 1. The summed E-state index contributed by atoms with van der Waals surface area (Å²) < 4.78 is 14.0. The minimum Gasteiger partial charge on any atom is -0.334 e. The lowest BCUT2D eigenvalue weighted by molar-refractivity contribution is 0.179. The Labute approximate surface area is 167 Å². The van der Waals surface area contributed by atoms with Gasteiger partial charge in [-0.1, -0.05) is 53.8 Å². The number of piperidine rings is 1. The van der Waals surface area contributed by atoms with E-state index < -0.39 is 0 Å². The maximum absolute atomic E-state index is 14.0. The maximum Gasteiger partial charge on any atom is 0.317 e. The lowest BCUT2D eigenvalue weighted by Gasteiger charge is -2.31. The first-order valence-corrected chi connectivity index (χ1v) is 10.2. The van der Waals surface area contributed by atoms with Crippen molar-refractivity contribution in [3.63, 3.8) is 0 Å². The summed E-state index contributed by atoms with van der Waals surface area (Å²) in [6.45, 7) is 1.85. The monoisotopic (exact) mass is 396 g/mol. The molecule has 4 rings (SSSR count). The van der Waals surface area contributed by atoms with Gasteiger partial charge in [0.05, 0.1) is 0 Å². The molecule has 0 bridgehead atoms. The number of benzene rings is 2. The molecule has 1 aliphatic rings. The van der Waals surface area contributed by atoms with Gasteiger partial charge in [0.15, 0.2) is 5.01 Å². The van der Waals surface area contributed by atoms with Gasteiger partial charge >= 0.3 is 6.03 Å². The molecule has 1 saturated heterocycles. The Hall–Kier alpha value is -2.80. The second-order valence-corrected chi connectivity index (χ2v) is 7.86. The molecule has 2 amide bonds. The predicted octanol–water partition coefficient (Wildman–Crippen LogP) is 4.43. The van der Waals surface area contributed by atoms with Crippen LogP contribution in [0.5, 0.6) is 0 Å². The average molecular weight is 396 g/mol. The van der Waals surface area contributed by atoms with Gasteiger partial charge in [-0.05, 0) is 30.5 Å². The number of amides is 2. The minimum absolute atomic E-state index is 0.0626. The molecule has 0 radical (unpaired) electrons. The van der Waals surface area contributed by atoms with Crippen molar-refractivity contribution in [1.82, 2.24) is 20.4 Å². The first-order valence-electron chi connectivity index (χ1n) is 9.35. The molecule has 1 N–H and O–H groups in total. The highest BCUT2D eigenvalue weighted by Crippen LogP contribution is 2.33. The molecule has 0 spiro atoms. The fourth-order valence-corrected chi connectivity index (χ4v) is 4.39. The van der Waals surface area contributed by atoms with Crippen molar-refractivity contribution in [3.8, 4) is 10.6 Å². The molecule has 7 heteroatoms. The van der Waals surface area contributed by atoms with E-state index in [1.165, 1.54) is 17.4 Å². The van der Waals surface area contributed by atoms with Gasteiger partial charge in [0, 0.05) is 31.1 Å². The van der Waals surface area contributed by atoms with E-state index in [1.54, 1.807) is 18.2 Å². The number of nitrogens with zero attached hydrogens (tertiary/aromatic N) is 3. The number of likely N-dealkylation sites (tertiary alicyclic amines) is 1. The molecule has 1 atom stereocenters. The number of hydrogen-bond donors (Lipinski definition) is 1. The van der Waals surface area contributed by atoms with Gasteiger partial charge in [-0.3, -0.25) is 0 Å². The van der Waals surface area contributed by atoms with Crippen molar-refractivity contribution in [3.05, 3.63) is 71.0 Å². The molecule has 3 aromatic rings. The van der Waals surface area contributed by atoms with Crippen molar-refractivity contribution in [1.29, 1.82) is 0 Å². The standard InChI is InChI=1S/C21H21FN4OS/c22-18-11-5-4-10-17(18)20-25-24-19(28-20)16-9-6-12-26(14-16)21(27)23-13-15-7-2-1-3-8-15/h1-5,7-8,10-11,16H,6,9,12-14H2,(H,23,27). The quantitative estimate of drug-likeness (QED) is 0.710. The summed E-state index contributed by atoms with van der Waals surface area (Å²) in [4.78, 5) is 14.4. The third-order valence-corrected chi connectivity index (χ3v) is 6.01. The first kappa shape index (κ1) is 18.6. The van der Waals surface area contributed by atoms with E-state index in [9.17, 15) is 9.18 Å². The Bertz CT molecular complexity index is 946. The lowest BCUT2D eigenvalue weighted by Crippen LogP contribution is -2.44. The van der Waals surface area contributed by atoms with Gasteiger partial charge < -0.3 is 10.2 Å². The Morgan fingerprint density at radius 1 is 1.14 bits per heavy atom. The molecule has 0 saturated carbocycles. The summed E-state index contributed by atoms with van der Waals surface area (Å²) in [6, 6.07) is 16.4. The number of rotatable bonds is 4. The van der Waals surface area contributed by atoms with Gasteiger partial charge in [0.1, 0.15) is 10.8 Å². The zero-order valence-corrected chi connectivity index (χ0v) is 16.2. The van der Waals surface area contributed by atoms with E-state index in [2.05, 4.69) is 15.5 Å². The molecule has 2 heterocycles. The van der Waals surface area contributed by atoms with Crippen molar-refractivity contribution in [2.24, 2.45) is 0 Å². The van der Waals surface area contributed by atoms with Crippen LogP contribution in [0, 0.1) is 5.82 Å². The average Bonchev–Trinajstić information content (AvgIpc) is 3.23. The first-order chi connectivity index (χ1) is 13.7. The summed E-state index contributed by atoms with van der Waals surface area (Å²) in [5.74, 6) is -0.162. The largest absolute Gasteiger partial charge is 0.334 e. The summed E-state index contributed by atoms with van der Waals surface area (Å²) in [6.07, 6.45) is 1.87. The minimum atomic E-state index is -0.296. The topological polar surface area (TPSA) is 58.1 Å². The van der Waals surface area contributed by atoms with Gasteiger partial charge in [-0.2, -0.15) is 0 Å². The van der Waals surface area contributed by atoms with Crippen LogP contribution < -0.4 is 5.32 Å². The second kappa shape index (κ2) is 8.48. The van der Waals surface area contributed by atoms with Crippen LogP contribution in [-0.4, -0.2) is 34.2 Å². The van der Waals surface area contributed by atoms with Gasteiger partial charge in [-0.15, -0.1) is 10.2 Å². The number of urea groups is 1. The smallest absolute Gasteiger partial charge is 0.317 e. The molecule has 1 fully saturated rings. The van der Waals surface area contributed by atoms with E-state index in [-0.39, 0.29) is 17.8 Å². The molecule has 5 nitrogen and oxygen atoms in total. The number of aromatic nitrogens is 2. The van der Waals surface area contributed by atoms with Gasteiger partial charge in [0.2, 0.25) is 0 Å². The number of hydrogen-bond acceptors (Lipinski definition) is 4. The third kappa shape index (κ3) is 4.20. The fraction of sp³-hybridized carbons (Fsp3) is 0.286. The van der Waals surface area contributed by atoms with Crippen LogP contribution in [0.1, 0.15) is 29.3 Å². The Kier molecular flexibility index (Phi) is 5.62. The van der Waals surface area contributed by atoms with Crippen LogP contribution in [0.2, 0.25) is 0 Å². The summed E-state index contributed by atoms with van der Waals surface area (Å²) in [7, 11) is 0. The van der Waals surface area contributed by atoms with Crippen molar-refractivity contribution in [2.45, 2.75) is 25.3 Å². The summed E-state index contributed by atoms with van der Waals surface area (Å²) >= 11 is 1.41. The third-order valence-electron chi connectivity index (χ3n) is 4.89. The van der Waals surface area contributed by atoms with E-state index >= 15 is 0 Å². The second-order valence-electron chi connectivity index (χ2n) is 6.85. The number of carbonyl (C=O) groups excluding carboxylic acids is 1. The van der Waals surface area contributed by atoms with Crippen molar-refractivity contribution in [2.75, 3.05) is 13.1 Å². The van der Waals surface area contributed by atoms with Crippen LogP contribution in [0.25, 0.3) is 10.6 Å². The summed E-state index contributed by atoms with van der Waals surface area (Å²) in [5, 5.41) is 12.9. The maximum atomic E-state index is 14.0. The zero-order chi connectivity index (χ0) is 19.3. The molecule has 144 valence electrons. The molecule has 1 unspecified atom stereocenters. The highest BCUT2D eigenvalue weighted by Gasteiger charge is 2.27. The van der Waals surface area contributed by atoms with Crippen molar-refractivity contribution >= 4 is 17.4 Å². The SMILES string of the molecule is O=C(NCc1ccccc1)N1CCCC(c2nnc(-c3ccccc3F)s2)C1. The number of nitrogens with one attached hydrogen (secondary N) is 1. The van der Waals surface area contributed by atoms with E-state index in [4.69, 9.17) is 0 Å². The Morgan fingerprint density at radius 3 is 2.75 bits per heavy atom. The molecule has 1 aliphatic heterocycles. The van der Waals surface area contributed by atoms with E-state index in [1.807, 2.05) is 35.2 Å². The molecule has 0 aliphatic carbocycles. The van der Waals surface area contributed by atoms with Crippen LogP contribution in [0.3, 0.4) is 0 Å². The van der Waals surface area contributed by atoms with Gasteiger partial charge in [-0.25, -0.2) is 9.18 Å². The zero-order valence-electron chi connectivity index (χ0n) is 15.3. The summed E-state index contributed by atoms with van der Waals surface area (Å²) in [5.41, 5.74) is 1.54. The number of halogens is 1. The highest BCUT2D eigenvalue weighted by atomic mass is 32.1. The fourth-order valence-electron chi connectivity index (χ4n) is 3.39. The highest BCUT2D eigenvalue weighted by molar-refractivity contribution is 7.14. The van der Waals surface area contributed by atoms with E-state index in [0.29, 0.717) is 23.7 Å². The lowest BCUT2D eigenvalue weighted by atomic mass is 9.99. The normalized spacial score (nSPS) is 16.8. The predicted molar refractivity (Wildman–Crippen MR) is 108 cm³/mol. The van der Waals surface area contributed by atoms with E-state index in [0.717, 1.165) is 30.0 Å². The van der Waals surface area contributed by atoms with Crippen molar-refractivity contribution < 1.29 is 9.18 Å². The van der Waals surface area contributed by atoms with Crippen LogP contribution in [0.4, 0.5) is 9.18 Å². The Balaban J connectivity index is 1.40. The molecule has 1 aromatic heterocycles. The molecular weight excluding hydrogens is 375 g/mol. The van der Waals surface area contributed by atoms with Crippen LogP contribution in [0.15, 0.2) is 54.6 Å². The molecule has 28 heavy (non-hydrogen) atoms. The van der Waals surface area contributed by atoms with Crippen LogP contribution in [-0.2, 0) is 6.54 Å². The van der Waals surface area contributed by atoms with Gasteiger partial charge in [0.25, 0.3) is 0 Å². The Morgan fingerprint density at radius 2 is 1.93 bits per heavy atom. The molecule has 2 aromatic carbocycles. The van der Waals surface area contributed by atoms with Crippen LogP contribution >= 0.6 is 11.3 Å². The molecular formula is C21H21FN4OS.